The zero-order valence-electron chi connectivity index (χ0n) is 37.0. The molecule has 0 spiro atoms. The smallest absolute Gasteiger partial charge is 0.244 e. The number of allylic oxidation sites excluding steroid dienone is 18. The molecule has 1 aliphatic heterocycles. The number of rotatable bonds is 18. The van der Waals surface area contributed by atoms with Crippen molar-refractivity contribution in [2.75, 3.05) is 52.4 Å². The van der Waals surface area contributed by atoms with Gasteiger partial charge in [-0.25, -0.2) is 0 Å². The molecule has 56 heavy (non-hydrogen) atoms. The van der Waals surface area contributed by atoms with Gasteiger partial charge in [0.15, 0.2) is 0 Å². The second-order valence-corrected chi connectivity index (χ2v) is 17.8. The van der Waals surface area contributed by atoms with Crippen LogP contribution >= 0.6 is 0 Å². The fraction of sp³-hybridized carbons (Fsp3) is 0.560. The van der Waals surface area contributed by atoms with Crippen LogP contribution in [-0.4, -0.2) is 74.0 Å². The zero-order valence-corrected chi connectivity index (χ0v) is 37.0. The van der Waals surface area contributed by atoms with Crippen LogP contribution in [0.2, 0.25) is 0 Å². The topological polar surface area (TPSA) is 64.7 Å². The Morgan fingerprint density at radius 2 is 0.964 bits per heavy atom. The van der Waals surface area contributed by atoms with E-state index >= 15 is 0 Å². The first-order chi connectivity index (χ1) is 26.6. The number of amides is 2. The first-order valence-electron chi connectivity index (χ1n) is 21.4. The molecule has 0 radical (unpaired) electrons. The summed E-state index contributed by atoms with van der Waals surface area (Å²) < 4.78 is 0. The monoisotopic (exact) mass is 765 g/mol. The molecule has 1 fully saturated rings. The Bertz CT molecular complexity index is 1520. The lowest BCUT2D eigenvalue weighted by Gasteiger charge is -2.34. The molecule has 6 nitrogen and oxygen atoms in total. The van der Waals surface area contributed by atoms with Crippen LogP contribution in [0.5, 0.6) is 0 Å². The van der Waals surface area contributed by atoms with E-state index in [-0.39, 0.29) is 22.6 Å². The summed E-state index contributed by atoms with van der Waals surface area (Å²) >= 11 is 0. The molecule has 2 N–H and O–H groups in total. The molecule has 1 saturated heterocycles. The van der Waals surface area contributed by atoms with Crippen molar-refractivity contribution in [3.05, 3.63) is 117 Å². The Morgan fingerprint density at radius 1 is 0.589 bits per heavy atom. The summed E-state index contributed by atoms with van der Waals surface area (Å²) in [6.45, 7) is 29.6. The minimum absolute atomic E-state index is 0.0356. The van der Waals surface area contributed by atoms with E-state index in [0.717, 1.165) is 63.3 Å². The highest BCUT2D eigenvalue weighted by Gasteiger charge is 2.27. The fourth-order valence-corrected chi connectivity index (χ4v) is 8.14. The summed E-state index contributed by atoms with van der Waals surface area (Å²) in [4.78, 5) is 29.9. The molecule has 6 heteroatoms. The predicted octanol–water partition coefficient (Wildman–Crippen LogP) is 10.7. The van der Waals surface area contributed by atoms with Crippen LogP contribution in [0.1, 0.15) is 121 Å². The van der Waals surface area contributed by atoms with Gasteiger partial charge in [-0.15, -0.1) is 0 Å². The molecule has 2 aliphatic carbocycles. The molecule has 2 amide bonds. The molecule has 0 bridgehead atoms. The summed E-state index contributed by atoms with van der Waals surface area (Å²) in [5.74, 6) is -0.0711. The number of piperazine rings is 1. The Hall–Kier alpha value is -3.74. The van der Waals surface area contributed by atoms with E-state index in [1.165, 1.54) is 72.0 Å². The maximum atomic E-state index is 12.5. The Kier molecular flexibility index (Phi) is 19.6. The largest absolute Gasteiger partial charge is 0.352 e. The van der Waals surface area contributed by atoms with E-state index < -0.39 is 0 Å². The van der Waals surface area contributed by atoms with Crippen molar-refractivity contribution >= 4 is 11.8 Å². The maximum absolute atomic E-state index is 12.5. The normalized spacial score (nSPS) is 21.0. The van der Waals surface area contributed by atoms with Crippen molar-refractivity contribution in [3.8, 4) is 0 Å². The van der Waals surface area contributed by atoms with Crippen LogP contribution in [-0.2, 0) is 9.59 Å². The highest BCUT2D eigenvalue weighted by molar-refractivity contribution is 5.89. The van der Waals surface area contributed by atoms with E-state index in [1.54, 1.807) is 12.2 Å². The third-order valence-electron chi connectivity index (χ3n) is 11.6. The predicted molar refractivity (Wildman–Crippen MR) is 240 cm³/mol. The zero-order chi connectivity index (χ0) is 41.1. The van der Waals surface area contributed by atoms with E-state index in [9.17, 15) is 9.59 Å². The number of carbonyl (C=O) groups excluding carboxylic acids is 2. The van der Waals surface area contributed by atoms with Crippen molar-refractivity contribution in [1.82, 2.24) is 20.4 Å². The Morgan fingerprint density at radius 3 is 1.32 bits per heavy atom. The van der Waals surface area contributed by atoms with Gasteiger partial charge in [-0.3, -0.25) is 9.59 Å². The van der Waals surface area contributed by atoms with Gasteiger partial charge in [0.2, 0.25) is 11.8 Å². The van der Waals surface area contributed by atoms with Gasteiger partial charge in [-0.1, -0.05) is 111 Å². The summed E-state index contributed by atoms with van der Waals surface area (Å²) in [6.07, 6.45) is 33.9. The van der Waals surface area contributed by atoms with Gasteiger partial charge in [-0.2, -0.15) is 0 Å². The highest BCUT2D eigenvalue weighted by Crippen LogP contribution is 2.41. The lowest BCUT2D eigenvalue weighted by Crippen LogP contribution is -2.47. The van der Waals surface area contributed by atoms with Crippen LogP contribution in [0, 0.1) is 10.8 Å². The molecule has 0 saturated carbocycles. The van der Waals surface area contributed by atoms with Crippen LogP contribution in [0.15, 0.2) is 117 Å². The first-order valence-corrected chi connectivity index (χ1v) is 21.4. The lowest BCUT2D eigenvalue weighted by atomic mass is 9.72. The molecule has 308 valence electrons. The standard InChI is InChI=1S/C50H76N4O2/c1-39(23-25-45-43(5)21-13-27-49(45,7)8)17-11-19-41(3)37-47(55)51-29-15-31-53-33-35-54(36-34-53)32-16-30-52-48(56)38-42(4)20-12-18-40(2)24-26-46-44(6)22-14-28-50(46,9)10/h11-12,17-20,23-26,37-38H,13-16,21-22,27-36H2,1-10H3,(H,51,55)(H,52,56)/b19-11+,20-12+,25-23+,26-24+,39-17+,40-18+,41-37+,42-38+. The lowest BCUT2D eigenvalue weighted by molar-refractivity contribution is -0.117. The van der Waals surface area contributed by atoms with Crippen molar-refractivity contribution in [3.63, 3.8) is 0 Å². The van der Waals surface area contributed by atoms with E-state index in [4.69, 9.17) is 0 Å². The van der Waals surface area contributed by atoms with Crippen molar-refractivity contribution in [1.29, 1.82) is 0 Å². The molecule has 0 unspecified atom stereocenters. The van der Waals surface area contributed by atoms with Gasteiger partial charge in [0.25, 0.3) is 0 Å². The number of hydrogen-bond donors (Lipinski definition) is 2. The number of nitrogens with one attached hydrogen (secondary N) is 2. The number of hydrogen-bond acceptors (Lipinski definition) is 4. The minimum Gasteiger partial charge on any atom is -0.352 e. The minimum atomic E-state index is -0.0356. The quantitative estimate of drug-likeness (QED) is 0.0829. The van der Waals surface area contributed by atoms with Gasteiger partial charge in [0.1, 0.15) is 0 Å². The van der Waals surface area contributed by atoms with Crippen LogP contribution < -0.4 is 10.6 Å². The molecule has 0 aromatic rings. The average molecular weight is 765 g/mol. The summed E-state index contributed by atoms with van der Waals surface area (Å²) in [5, 5.41) is 6.10. The Balaban J connectivity index is 1.25. The maximum Gasteiger partial charge on any atom is 0.244 e. The summed E-state index contributed by atoms with van der Waals surface area (Å²) in [5.41, 5.74) is 10.7. The third kappa shape index (κ3) is 17.2. The van der Waals surface area contributed by atoms with E-state index in [2.05, 4.69) is 112 Å². The first kappa shape index (κ1) is 46.6. The third-order valence-corrected chi connectivity index (χ3v) is 11.6. The van der Waals surface area contributed by atoms with Crippen LogP contribution in [0.4, 0.5) is 0 Å². The van der Waals surface area contributed by atoms with Gasteiger partial charge in [-0.05, 0) is 139 Å². The van der Waals surface area contributed by atoms with Crippen molar-refractivity contribution < 1.29 is 9.59 Å². The molecule has 3 aliphatic rings. The second kappa shape index (κ2) is 23.5. The molecule has 0 aromatic carbocycles. The van der Waals surface area contributed by atoms with Gasteiger partial charge >= 0.3 is 0 Å². The van der Waals surface area contributed by atoms with Crippen LogP contribution in [0.25, 0.3) is 0 Å². The molecule has 0 aromatic heterocycles. The average Bonchev–Trinajstić information content (AvgIpc) is 3.11. The number of carbonyl (C=O) groups is 2. The van der Waals surface area contributed by atoms with E-state index in [0.29, 0.717) is 13.1 Å². The van der Waals surface area contributed by atoms with E-state index in [1.807, 2.05) is 38.2 Å². The Labute approximate surface area is 342 Å². The number of nitrogens with zero attached hydrogens (tertiary/aromatic N) is 2. The molecular formula is C50H76N4O2. The van der Waals surface area contributed by atoms with Gasteiger partial charge < -0.3 is 20.4 Å². The van der Waals surface area contributed by atoms with Crippen molar-refractivity contribution in [2.24, 2.45) is 10.8 Å². The van der Waals surface area contributed by atoms with Crippen molar-refractivity contribution in [2.45, 2.75) is 121 Å². The van der Waals surface area contributed by atoms with Crippen LogP contribution in [0.3, 0.4) is 0 Å². The van der Waals surface area contributed by atoms with Gasteiger partial charge in [0, 0.05) is 51.4 Å². The van der Waals surface area contributed by atoms with Gasteiger partial charge in [0.05, 0.1) is 0 Å². The molecule has 1 heterocycles. The molecular weight excluding hydrogens is 689 g/mol. The SMILES string of the molecule is CC1=C(/C=C/C(C)=C/C=C/C(C)=C/C(=O)NCCCN2CCN(CCCNC(=O)/C=C(C)/C=C/C=C(C)/C=C/C3=C(C)CCCC3(C)C)CC2)C(C)(C)CCC1. The summed E-state index contributed by atoms with van der Waals surface area (Å²) in [6, 6.07) is 0. The highest BCUT2D eigenvalue weighted by atomic mass is 16.2. The second-order valence-electron chi connectivity index (χ2n) is 17.8. The molecule has 0 atom stereocenters. The summed E-state index contributed by atoms with van der Waals surface area (Å²) in [7, 11) is 0. The fourth-order valence-electron chi connectivity index (χ4n) is 8.14. The molecule has 3 rings (SSSR count).